The molecule has 0 fully saturated rings. The molecule has 7 nitrogen and oxygen atoms in total. The lowest BCUT2D eigenvalue weighted by Gasteiger charge is -2.17. The van der Waals surface area contributed by atoms with Crippen molar-refractivity contribution >= 4 is 39.7 Å². The van der Waals surface area contributed by atoms with Crippen LogP contribution >= 0.6 is 11.6 Å². The lowest BCUT2D eigenvalue weighted by molar-refractivity contribution is 0.267. The number of rotatable bonds is 10. The second-order valence-electron chi connectivity index (χ2n) is 9.78. The Kier molecular flexibility index (Phi) is 8.07. The fourth-order valence-corrected chi connectivity index (χ4v) is 5.05. The van der Waals surface area contributed by atoms with Gasteiger partial charge in [0.2, 0.25) is 5.82 Å². The standard InChI is InChI=1S/C35H28ClN3O4/c1-3-11-25-18-23(19-31(41-4-2)33(25)42-22-26-13-5-8-15-28(26)36)21-37-39-34(32-20-24-12-6-10-17-30(24)43-32)38-29-16-9-7-14-27(29)35(39)40/h3,5-10,12-21H,1,4,11,22H2,2H3. The highest BCUT2D eigenvalue weighted by Gasteiger charge is 2.17. The molecule has 4 aromatic carbocycles. The van der Waals surface area contributed by atoms with Gasteiger partial charge >= 0.3 is 0 Å². The molecule has 6 rings (SSSR count). The fraction of sp³-hybridized carbons (Fsp3) is 0.114. The van der Waals surface area contributed by atoms with Crippen LogP contribution in [0.4, 0.5) is 0 Å². The van der Waals surface area contributed by atoms with E-state index in [2.05, 4.69) is 11.7 Å². The maximum Gasteiger partial charge on any atom is 0.282 e. The van der Waals surface area contributed by atoms with Crippen molar-refractivity contribution in [1.29, 1.82) is 0 Å². The normalized spacial score (nSPS) is 11.4. The zero-order chi connectivity index (χ0) is 29.8. The zero-order valence-corrected chi connectivity index (χ0v) is 24.3. The molecule has 0 saturated heterocycles. The summed E-state index contributed by atoms with van der Waals surface area (Å²) in [5, 5.41) is 6.61. The van der Waals surface area contributed by atoms with E-state index in [9.17, 15) is 4.79 Å². The maximum atomic E-state index is 13.7. The van der Waals surface area contributed by atoms with Gasteiger partial charge in [0.05, 0.1) is 23.7 Å². The fourth-order valence-electron chi connectivity index (χ4n) is 4.86. The third kappa shape index (κ3) is 5.80. The van der Waals surface area contributed by atoms with Crippen LogP contribution in [0.3, 0.4) is 0 Å². The molecule has 43 heavy (non-hydrogen) atoms. The summed E-state index contributed by atoms with van der Waals surface area (Å²) >= 11 is 6.36. The van der Waals surface area contributed by atoms with Gasteiger partial charge in [-0.2, -0.15) is 9.78 Å². The molecule has 0 amide bonds. The summed E-state index contributed by atoms with van der Waals surface area (Å²) < 4.78 is 19.6. The molecule has 0 N–H and O–H groups in total. The Hall–Kier alpha value is -5.14. The molecule has 0 bridgehead atoms. The molecule has 0 aliphatic heterocycles. The Morgan fingerprint density at radius 3 is 2.58 bits per heavy atom. The number of ether oxygens (including phenoxy) is 2. The third-order valence-electron chi connectivity index (χ3n) is 6.87. The van der Waals surface area contributed by atoms with Crippen molar-refractivity contribution in [2.24, 2.45) is 5.10 Å². The van der Waals surface area contributed by atoms with Crippen LogP contribution in [0.1, 0.15) is 23.6 Å². The van der Waals surface area contributed by atoms with Crippen LogP contribution < -0.4 is 15.0 Å². The molecule has 2 aromatic heterocycles. The highest BCUT2D eigenvalue weighted by Crippen LogP contribution is 2.35. The van der Waals surface area contributed by atoms with E-state index in [1.165, 1.54) is 4.68 Å². The number of furan rings is 1. The first-order valence-electron chi connectivity index (χ1n) is 13.9. The highest BCUT2D eigenvalue weighted by atomic mass is 35.5. The van der Waals surface area contributed by atoms with Gasteiger partial charge in [0.25, 0.3) is 5.56 Å². The highest BCUT2D eigenvalue weighted by molar-refractivity contribution is 6.31. The Balaban J connectivity index is 1.44. The Labute approximate surface area is 253 Å². The Morgan fingerprint density at radius 1 is 0.977 bits per heavy atom. The van der Waals surface area contributed by atoms with Crippen molar-refractivity contribution in [3.8, 4) is 23.1 Å². The van der Waals surface area contributed by atoms with E-state index >= 15 is 0 Å². The van der Waals surface area contributed by atoms with Crippen LogP contribution in [0.15, 0.2) is 118 Å². The van der Waals surface area contributed by atoms with Crippen molar-refractivity contribution in [2.45, 2.75) is 20.0 Å². The van der Waals surface area contributed by atoms with E-state index in [0.29, 0.717) is 63.2 Å². The molecular weight excluding hydrogens is 562 g/mol. The Morgan fingerprint density at radius 2 is 1.77 bits per heavy atom. The van der Waals surface area contributed by atoms with Gasteiger partial charge in [0.1, 0.15) is 12.2 Å². The molecule has 0 unspecified atom stereocenters. The molecule has 2 heterocycles. The van der Waals surface area contributed by atoms with E-state index in [0.717, 1.165) is 16.5 Å². The minimum atomic E-state index is -0.312. The van der Waals surface area contributed by atoms with Crippen LogP contribution in [-0.2, 0) is 13.0 Å². The molecule has 0 radical (unpaired) electrons. The van der Waals surface area contributed by atoms with Gasteiger partial charge in [-0.1, -0.05) is 66.2 Å². The van der Waals surface area contributed by atoms with E-state index in [-0.39, 0.29) is 12.2 Å². The van der Waals surface area contributed by atoms with Gasteiger partial charge in [0, 0.05) is 21.5 Å². The van der Waals surface area contributed by atoms with Gasteiger partial charge in [-0.3, -0.25) is 4.79 Å². The first-order chi connectivity index (χ1) is 21.1. The lowest BCUT2D eigenvalue weighted by Crippen LogP contribution is -2.20. The quantitative estimate of drug-likeness (QED) is 0.119. The molecular formula is C35H28ClN3O4. The molecule has 8 heteroatoms. The summed E-state index contributed by atoms with van der Waals surface area (Å²) in [6.07, 6.45) is 3.93. The van der Waals surface area contributed by atoms with Crippen molar-refractivity contribution in [1.82, 2.24) is 9.66 Å². The summed E-state index contributed by atoms with van der Waals surface area (Å²) in [6, 6.07) is 28.0. The second-order valence-corrected chi connectivity index (χ2v) is 10.2. The summed E-state index contributed by atoms with van der Waals surface area (Å²) in [5.74, 6) is 1.89. The van der Waals surface area contributed by atoms with Crippen LogP contribution in [0, 0.1) is 0 Å². The number of para-hydroxylation sites is 2. The summed E-state index contributed by atoms with van der Waals surface area (Å²) in [6.45, 7) is 6.53. The maximum absolute atomic E-state index is 13.7. The predicted octanol–water partition coefficient (Wildman–Crippen LogP) is 8.05. The van der Waals surface area contributed by atoms with Crippen LogP contribution in [0.2, 0.25) is 5.02 Å². The number of allylic oxidation sites excluding steroid dienone is 1. The molecule has 6 aromatic rings. The average Bonchev–Trinajstić information content (AvgIpc) is 3.45. The predicted molar refractivity (Wildman–Crippen MR) is 171 cm³/mol. The smallest absolute Gasteiger partial charge is 0.282 e. The van der Waals surface area contributed by atoms with Crippen LogP contribution in [-0.4, -0.2) is 22.5 Å². The van der Waals surface area contributed by atoms with Gasteiger partial charge in [-0.25, -0.2) is 4.98 Å². The minimum Gasteiger partial charge on any atom is -0.490 e. The van der Waals surface area contributed by atoms with Gasteiger partial charge in [-0.15, -0.1) is 6.58 Å². The number of nitrogens with zero attached hydrogens (tertiary/aromatic N) is 3. The molecule has 0 aliphatic carbocycles. The number of aromatic nitrogens is 2. The van der Waals surface area contributed by atoms with Crippen molar-refractivity contribution in [2.75, 3.05) is 6.61 Å². The van der Waals surface area contributed by atoms with Crippen LogP contribution in [0.25, 0.3) is 33.5 Å². The summed E-state index contributed by atoms with van der Waals surface area (Å²) in [4.78, 5) is 18.5. The SMILES string of the molecule is C=CCc1cc(C=Nn2c(-c3cc4ccccc4o3)nc3ccccc3c2=O)cc(OCC)c1OCc1ccccc1Cl. The monoisotopic (exact) mass is 589 g/mol. The van der Waals surface area contributed by atoms with Gasteiger partial charge < -0.3 is 13.9 Å². The molecule has 0 atom stereocenters. The van der Waals surface area contributed by atoms with Gasteiger partial charge in [0.15, 0.2) is 17.3 Å². The van der Waals surface area contributed by atoms with Crippen LogP contribution in [0.5, 0.6) is 11.5 Å². The third-order valence-corrected chi connectivity index (χ3v) is 7.24. The largest absolute Gasteiger partial charge is 0.490 e. The second kappa shape index (κ2) is 12.4. The summed E-state index contributed by atoms with van der Waals surface area (Å²) in [7, 11) is 0. The van der Waals surface area contributed by atoms with E-state index in [1.54, 1.807) is 30.5 Å². The van der Waals surface area contributed by atoms with E-state index in [4.69, 9.17) is 30.5 Å². The number of halogens is 1. The average molecular weight is 590 g/mol. The van der Waals surface area contributed by atoms with Crippen molar-refractivity contribution in [3.05, 3.63) is 136 Å². The van der Waals surface area contributed by atoms with Crippen molar-refractivity contribution < 1.29 is 13.9 Å². The first kappa shape index (κ1) is 28.0. The van der Waals surface area contributed by atoms with Gasteiger partial charge in [-0.05, 0) is 61.4 Å². The van der Waals surface area contributed by atoms with Crippen molar-refractivity contribution in [3.63, 3.8) is 0 Å². The lowest BCUT2D eigenvalue weighted by atomic mass is 10.1. The number of hydrogen-bond donors (Lipinski definition) is 0. The minimum absolute atomic E-state index is 0.274. The number of hydrogen-bond acceptors (Lipinski definition) is 6. The number of fused-ring (bicyclic) bond motifs is 2. The first-order valence-corrected chi connectivity index (χ1v) is 14.3. The molecule has 0 spiro atoms. The Bertz CT molecular complexity index is 2010. The molecule has 0 aliphatic rings. The van der Waals surface area contributed by atoms with E-state index < -0.39 is 0 Å². The molecule has 0 saturated carbocycles. The van der Waals surface area contributed by atoms with E-state index in [1.807, 2.05) is 79.7 Å². The topological polar surface area (TPSA) is 78.9 Å². The zero-order valence-electron chi connectivity index (χ0n) is 23.5. The number of benzene rings is 4. The molecule has 214 valence electrons. The summed E-state index contributed by atoms with van der Waals surface area (Å²) in [5.41, 5.74) is 3.37.